The van der Waals surface area contributed by atoms with Gasteiger partial charge in [-0.2, -0.15) is 5.10 Å². The first-order chi connectivity index (χ1) is 6.77. The highest BCUT2D eigenvalue weighted by atomic mass is 35.5. The van der Waals surface area contributed by atoms with Crippen LogP contribution in [-0.4, -0.2) is 21.6 Å². The number of nitrogens with one attached hydrogen (secondary N) is 1. The molecule has 14 heavy (non-hydrogen) atoms. The van der Waals surface area contributed by atoms with Gasteiger partial charge in [-0.15, -0.1) is 11.6 Å². The van der Waals surface area contributed by atoms with Crippen molar-refractivity contribution in [1.82, 2.24) is 9.78 Å². The highest BCUT2D eigenvalue weighted by Crippen LogP contribution is 2.07. The number of rotatable bonds is 5. The zero-order chi connectivity index (χ0) is 10.4. The molecule has 1 amide bonds. The molecule has 1 aromatic rings. The van der Waals surface area contributed by atoms with Gasteiger partial charge in [0.05, 0.1) is 6.20 Å². The van der Waals surface area contributed by atoms with Crippen LogP contribution >= 0.6 is 11.6 Å². The fourth-order valence-corrected chi connectivity index (χ4v) is 1.17. The summed E-state index contributed by atoms with van der Waals surface area (Å²) >= 11 is 5.38. The number of carbonyl (C=O) groups excluding carboxylic acids is 1. The molecule has 0 atom stereocenters. The van der Waals surface area contributed by atoms with Crippen molar-refractivity contribution >= 4 is 23.3 Å². The molecule has 1 N–H and O–H groups in total. The molecule has 4 nitrogen and oxygen atoms in total. The van der Waals surface area contributed by atoms with E-state index < -0.39 is 0 Å². The summed E-state index contributed by atoms with van der Waals surface area (Å²) in [5.74, 6) is 0.480. The quantitative estimate of drug-likeness (QED) is 0.763. The summed E-state index contributed by atoms with van der Waals surface area (Å²) in [5.41, 5.74) is 0. The lowest BCUT2D eigenvalue weighted by Crippen LogP contribution is -2.16. The Morgan fingerprint density at radius 2 is 2.50 bits per heavy atom. The van der Waals surface area contributed by atoms with Crippen LogP contribution in [0.2, 0.25) is 0 Å². The van der Waals surface area contributed by atoms with Gasteiger partial charge < -0.3 is 5.32 Å². The number of alkyl halides is 1. The van der Waals surface area contributed by atoms with E-state index >= 15 is 0 Å². The third-order valence-electron chi connectivity index (χ3n) is 1.83. The van der Waals surface area contributed by atoms with E-state index in [4.69, 9.17) is 11.6 Å². The number of aryl methyl sites for hydroxylation is 1. The van der Waals surface area contributed by atoms with Gasteiger partial charge in [-0.05, 0) is 6.42 Å². The van der Waals surface area contributed by atoms with Crippen molar-refractivity contribution in [1.29, 1.82) is 0 Å². The number of nitrogens with zero attached hydrogens (tertiary/aromatic N) is 2. The van der Waals surface area contributed by atoms with E-state index in [1.165, 1.54) is 0 Å². The molecule has 0 unspecified atom stereocenters. The predicted octanol–water partition coefficient (Wildman–Crippen LogP) is 1.86. The Labute approximate surface area is 88.2 Å². The number of amides is 1. The Morgan fingerprint density at radius 3 is 3.14 bits per heavy atom. The van der Waals surface area contributed by atoms with Crippen molar-refractivity contribution in [2.24, 2.45) is 0 Å². The zero-order valence-corrected chi connectivity index (χ0v) is 8.92. The standard InChI is InChI=1S/C9H14ClN3O/c1-2-3-6-13-8(4-5-11-13)12-9(14)7-10/h4-5H,2-3,6-7H2,1H3,(H,12,14). The Morgan fingerprint density at radius 1 is 1.71 bits per heavy atom. The number of halogens is 1. The molecule has 0 aliphatic carbocycles. The van der Waals surface area contributed by atoms with Crippen molar-refractivity contribution < 1.29 is 4.79 Å². The van der Waals surface area contributed by atoms with E-state index in [-0.39, 0.29) is 11.8 Å². The molecule has 0 fully saturated rings. The maximum absolute atomic E-state index is 11.0. The predicted molar refractivity (Wildman–Crippen MR) is 56.5 cm³/mol. The topological polar surface area (TPSA) is 46.9 Å². The molecule has 0 radical (unpaired) electrons. The van der Waals surface area contributed by atoms with Crippen LogP contribution in [0.25, 0.3) is 0 Å². The molecule has 5 heteroatoms. The first kappa shape index (κ1) is 11.0. The van der Waals surface area contributed by atoms with Crippen molar-refractivity contribution in [2.75, 3.05) is 11.2 Å². The second-order valence-corrected chi connectivity index (χ2v) is 3.24. The molecule has 0 aromatic carbocycles. The molecule has 0 aliphatic rings. The number of carbonyl (C=O) groups is 1. The first-order valence-corrected chi connectivity index (χ1v) is 5.19. The Hall–Kier alpha value is -1.03. The minimum absolute atomic E-state index is 0.0288. The van der Waals surface area contributed by atoms with Crippen LogP contribution in [0.15, 0.2) is 12.3 Å². The third kappa shape index (κ3) is 3.03. The van der Waals surface area contributed by atoms with E-state index in [9.17, 15) is 4.79 Å². The van der Waals surface area contributed by atoms with Crippen molar-refractivity contribution in [2.45, 2.75) is 26.3 Å². The lowest BCUT2D eigenvalue weighted by Gasteiger charge is -2.06. The molecule has 1 aromatic heterocycles. The molecule has 0 saturated heterocycles. The van der Waals surface area contributed by atoms with Gasteiger partial charge in [0, 0.05) is 12.6 Å². The van der Waals surface area contributed by atoms with Crippen LogP contribution in [-0.2, 0) is 11.3 Å². The van der Waals surface area contributed by atoms with Crippen molar-refractivity contribution in [3.05, 3.63) is 12.3 Å². The van der Waals surface area contributed by atoms with Gasteiger partial charge in [-0.25, -0.2) is 4.68 Å². The Bertz CT molecular complexity index is 298. The van der Waals surface area contributed by atoms with Crippen LogP contribution < -0.4 is 5.32 Å². The van der Waals surface area contributed by atoms with Gasteiger partial charge in [0.15, 0.2) is 0 Å². The maximum atomic E-state index is 11.0. The number of aromatic nitrogens is 2. The van der Waals surface area contributed by atoms with Gasteiger partial charge in [-0.1, -0.05) is 13.3 Å². The molecule has 0 spiro atoms. The summed E-state index contributed by atoms with van der Waals surface area (Å²) in [6, 6.07) is 1.76. The van der Waals surface area contributed by atoms with Gasteiger partial charge >= 0.3 is 0 Å². The molecular formula is C9H14ClN3O. The van der Waals surface area contributed by atoms with Crippen LogP contribution in [0.4, 0.5) is 5.82 Å². The van der Waals surface area contributed by atoms with Crippen molar-refractivity contribution in [3.63, 3.8) is 0 Å². The molecule has 78 valence electrons. The maximum Gasteiger partial charge on any atom is 0.240 e. The molecule has 0 saturated carbocycles. The SMILES string of the molecule is CCCCn1nccc1NC(=O)CCl. The summed E-state index contributed by atoms with van der Waals surface area (Å²) in [4.78, 5) is 11.0. The lowest BCUT2D eigenvalue weighted by atomic mass is 10.3. The molecule has 1 rings (SSSR count). The number of hydrogen-bond acceptors (Lipinski definition) is 2. The van der Waals surface area contributed by atoms with Crippen LogP contribution in [0.1, 0.15) is 19.8 Å². The summed E-state index contributed by atoms with van der Waals surface area (Å²) in [7, 11) is 0. The van der Waals surface area contributed by atoms with E-state index in [0.717, 1.165) is 19.4 Å². The second kappa shape index (κ2) is 5.65. The van der Waals surface area contributed by atoms with Gasteiger partial charge in [-0.3, -0.25) is 4.79 Å². The van der Waals surface area contributed by atoms with Gasteiger partial charge in [0.1, 0.15) is 11.7 Å². The van der Waals surface area contributed by atoms with E-state index in [1.807, 2.05) is 0 Å². The summed E-state index contributed by atoms with van der Waals surface area (Å²) in [6.45, 7) is 2.93. The van der Waals surface area contributed by atoms with E-state index in [1.54, 1.807) is 16.9 Å². The molecule has 1 heterocycles. The minimum Gasteiger partial charge on any atom is -0.310 e. The molecule has 0 aliphatic heterocycles. The zero-order valence-electron chi connectivity index (χ0n) is 8.16. The van der Waals surface area contributed by atoms with Crippen LogP contribution in [0, 0.1) is 0 Å². The average Bonchev–Trinajstić information content (AvgIpc) is 2.62. The number of unbranched alkanes of at least 4 members (excludes halogenated alkanes) is 1. The largest absolute Gasteiger partial charge is 0.310 e. The van der Waals surface area contributed by atoms with Crippen LogP contribution in [0.5, 0.6) is 0 Å². The van der Waals surface area contributed by atoms with E-state index in [2.05, 4.69) is 17.3 Å². The normalized spacial score (nSPS) is 10.1. The molecule has 0 bridgehead atoms. The Kier molecular flexibility index (Phi) is 4.46. The lowest BCUT2D eigenvalue weighted by molar-refractivity contribution is -0.114. The van der Waals surface area contributed by atoms with E-state index in [0.29, 0.717) is 5.82 Å². The number of anilines is 1. The monoisotopic (exact) mass is 215 g/mol. The summed E-state index contributed by atoms with van der Waals surface area (Å²) in [6.07, 6.45) is 3.81. The fourth-order valence-electron chi connectivity index (χ4n) is 1.10. The smallest absolute Gasteiger partial charge is 0.240 e. The average molecular weight is 216 g/mol. The highest BCUT2D eigenvalue weighted by molar-refractivity contribution is 6.29. The molecular weight excluding hydrogens is 202 g/mol. The highest BCUT2D eigenvalue weighted by Gasteiger charge is 2.04. The first-order valence-electron chi connectivity index (χ1n) is 4.65. The third-order valence-corrected chi connectivity index (χ3v) is 2.07. The Balaban J connectivity index is 2.57. The fraction of sp³-hybridized carbons (Fsp3) is 0.556. The summed E-state index contributed by atoms with van der Waals surface area (Å²) in [5, 5.41) is 6.78. The number of hydrogen-bond donors (Lipinski definition) is 1. The van der Waals surface area contributed by atoms with Crippen molar-refractivity contribution in [3.8, 4) is 0 Å². The van der Waals surface area contributed by atoms with Gasteiger partial charge in [0.25, 0.3) is 0 Å². The second-order valence-electron chi connectivity index (χ2n) is 2.97. The summed E-state index contributed by atoms with van der Waals surface area (Å²) < 4.78 is 1.77. The van der Waals surface area contributed by atoms with Gasteiger partial charge in [0.2, 0.25) is 5.91 Å². The minimum atomic E-state index is -0.204. The van der Waals surface area contributed by atoms with Crippen LogP contribution in [0.3, 0.4) is 0 Å².